The normalized spacial score (nSPS) is 14.8. The molecule has 0 saturated heterocycles. The number of nitrogens with one attached hydrogen (secondary N) is 1. The largest absolute Gasteiger partial charge is 0.490 e. The Morgan fingerprint density at radius 2 is 1.97 bits per heavy atom. The van der Waals surface area contributed by atoms with Crippen LogP contribution in [0.4, 0.5) is 5.95 Å². The Morgan fingerprint density at radius 1 is 1.19 bits per heavy atom. The van der Waals surface area contributed by atoms with E-state index in [0.717, 1.165) is 39.9 Å². The predicted octanol–water partition coefficient (Wildman–Crippen LogP) is 7.10. The zero-order chi connectivity index (χ0) is 26.5. The summed E-state index contributed by atoms with van der Waals surface area (Å²) in [4.78, 5) is 17.5. The minimum Gasteiger partial charge on any atom is -0.490 e. The van der Waals surface area contributed by atoms with Crippen molar-refractivity contribution in [2.45, 2.75) is 65.3 Å². The van der Waals surface area contributed by atoms with Crippen molar-refractivity contribution >= 4 is 39.4 Å². The number of aryl methyl sites for hydroxylation is 1. The molecule has 1 atom stereocenters. The number of hydrogen-bond donors (Lipinski definition) is 1. The summed E-state index contributed by atoms with van der Waals surface area (Å²) in [6.07, 6.45) is 2.21. The first-order chi connectivity index (χ1) is 17.8. The van der Waals surface area contributed by atoms with E-state index < -0.39 is 6.04 Å². The first-order valence-electron chi connectivity index (χ1n) is 12.6. The van der Waals surface area contributed by atoms with Gasteiger partial charge in [-0.2, -0.15) is 4.98 Å². The van der Waals surface area contributed by atoms with Crippen molar-refractivity contribution in [3.8, 4) is 11.5 Å². The number of fused-ring (bicyclic) bond motifs is 1. The average Bonchev–Trinajstić information content (AvgIpc) is 3.25. The van der Waals surface area contributed by atoms with Gasteiger partial charge in [-0.15, -0.1) is 5.10 Å². The first kappa shape index (κ1) is 27.3. The van der Waals surface area contributed by atoms with E-state index in [4.69, 9.17) is 19.6 Å². The number of halogens is 1. The topological polar surface area (TPSA) is 78.3 Å². The van der Waals surface area contributed by atoms with Crippen LogP contribution in [0.5, 0.6) is 11.5 Å². The maximum Gasteiger partial charge on any atom is 0.227 e. The molecule has 0 spiro atoms. The number of Topliss-reactive ketones (excluding diaryl/α,β-unsaturated/α-hetero) is 1. The van der Waals surface area contributed by atoms with Crippen LogP contribution in [-0.4, -0.2) is 32.9 Å². The molecule has 1 unspecified atom stereocenters. The molecule has 7 nitrogen and oxygen atoms in total. The van der Waals surface area contributed by atoms with Gasteiger partial charge in [0.15, 0.2) is 17.3 Å². The number of thioether (sulfide) groups is 1. The molecule has 1 aliphatic heterocycles. The fourth-order valence-corrected chi connectivity index (χ4v) is 5.82. The molecule has 2 heterocycles. The van der Waals surface area contributed by atoms with Gasteiger partial charge < -0.3 is 14.8 Å². The number of benzene rings is 2. The lowest BCUT2D eigenvalue weighted by molar-refractivity contribution is -0.114. The van der Waals surface area contributed by atoms with E-state index in [1.54, 1.807) is 18.7 Å². The van der Waals surface area contributed by atoms with Gasteiger partial charge in [-0.3, -0.25) is 4.79 Å². The summed E-state index contributed by atoms with van der Waals surface area (Å²) in [6.45, 7) is 10.6. The van der Waals surface area contributed by atoms with Gasteiger partial charge in [0.1, 0.15) is 12.6 Å². The highest BCUT2D eigenvalue weighted by atomic mass is 79.9. The second-order valence-electron chi connectivity index (χ2n) is 8.97. The molecule has 0 aliphatic carbocycles. The molecule has 0 radical (unpaired) electrons. The third-order valence-corrected chi connectivity index (χ3v) is 7.74. The Kier molecular flexibility index (Phi) is 8.97. The first-order valence-corrected chi connectivity index (χ1v) is 14.3. The molecule has 0 amide bonds. The van der Waals surface area contributed by atoms with Crippen molar-refractivity contribution in [3.63, 3.8) is 0 Å². The molecule has 0 saturated carbocycles. The maximum atomic E-state index is 12.8. The molecular formula is C28H33BrN4O3S. The maximum absolute atomic E-state index is 12.8. The number of aromatic nitrogens is 3. The Bertz CT molecular complexity index is 1320. The lowest BCUT2D eigenvalue weighted by atomic mass is 9.93. The van der Waals surface area contributed by atoms with Crippen LogP contribution in [0.1, 0.15) is 63.3 Å². The third-order valence-electron chi connectivity index (χ3n) is 6.22. The Morgan fingerprint density at radius 3 is 2.68 bits per heavy atom. The lowest BCUT2D eigenvalue weighted by Crippen LogP contribution is -2.28. The van der Waals surface area contributed by atoms with Gasteiger partial charge >= 0.3 is 0 Å². The van der Waals surface area contributed by atoms with Crippen LogP contribution < -0.4 is 14.8 Å². The number of hydrogen-bond acceptors (Lipinski definition) is 7. The zero-order valence-corrected chi connectivity index (χ0v) is 24.3. The van der Waals surface area contributed by atoms with Gasteiger partial charge in [0.25, 0.3) is 0 Å². The van der Waals surface area contributed by atoms with Crippen LogP contribution in [0.15, 0.2) is 57.3 Å². The molecule has 2 aromatic carbocycles. The van der Waals surface area contributed by atoms with E-state index >= 15 is 0 Å². The van der Waals surface area contributed by atoms with E-state index in [0.29, 0.717) is 41.4 Å². The van der Waals surface area contributed by atoms with Crippen molar-refractivity contribution in [2.75, 3.05) is 17.7 Å². The van der Waals surface area contributed by atoms with Crippen molar-refractivity contribution in [1.82, 2.24) is 14.8 Å². The number of nitrogens with zero attached hydrogens (tertiary/aromatic N) is 3. The minimum absolute atomic E-state index is 0.0229. The highest BCUT2D eigenvalue weighted by Gasteiger charge is 2.34. The number of carbonyl (C=O) groups excluding carboxylic acids is 1. The molecule has 0 fully saturated rings. The molecule has 37 heavy (non-hydrogen) atoms. The molecule has 1 N–H and O–H groups in total. The van der Waals surface area contributed by atoms with Crippen LogP contribution in [0.2, 0.25) is 0 Å². The molecule has 1 aromatic heterocycles. The molecule has 9 heteroatoms. The van der Waals surface area contributed by atoms with Crippen LogP contribution in [0, 0.1) is 6.92 Å². The Balaban J connectivity index is 1.74. The molecule has 196 valence electrons. The van der Waals surface area contributed by atoms with Gasteiger partial charge in [0, 0.05) is 17.0 Å². The third kappa shape index (κ3) is 6.04. The van der Waals surface area contributed by atoms with Crippen LogP contribution >= 0.6 is 27.7 Å². The number of ether oxygens (including phenoxy) is 2. The number of ketones is 1. The van der Waals surface area contributed by atoms with Crippen LogP contribution in [0.25, 0.3) is 0 Å². The van der Waals surface area contributed by atoms with E-state index in [2.05, 4.69) is 47.2 Å². The Hall–Kier alpha value is -2.78. The van der Waals surface area contributed by atoms with Gasteiger partial charge in [-0.05, 0) is 78.9 Å². The predicted molar refractivity (Wildman–Crippen MR) is 152 cm³/mol. The molecule has 3 aromatic rings. The van der Waals surface area contributed by atoms with Gasteiger partial charge in [0.05, 0.1) is 11.1 Å². The van der Waals surface area contributed by atoms with Crippen molar-refractivity contribution in [3.05, 3.63) is 68.8 Å². The smallest absolute Gasteiger partial charge is 0.227 e. The number of anilines is 1. The van der Waals surface area contributed by atoms with Gasteiger partial charge in [-0.25, -0.2) is 4.68 Å². The fraction of sp³-hybridized carbons (Fsp3) is 0.393. The van der Waals surface area contributed by atoms with Crippen molar-refractivity contribution < 1.29 is 14.3 Å². The summed E-state index contributed by atoms with van der Waals surface area (Å²) in [5.41, 5.74) is 4.56. The number of rotatable bonds is 11. The van der Waals surface area contributed by atoms with E-state index in [9.17, 15) is 4.79 Å². The Labute approximate surface area is 231 Å². The monoisotopic (exact) mass is 584 g/mol. The number of allylic oxidation sites excluding steroid dienone is 2. The van der Waals surface area contributed by atoms with E-state index in [-0.39, 0.29) is 5.78 Å². The summed E-state index contributed by atoms with van der Waals surface area (Å²) >= 11 is 5.34. The second-order valence-corrected chi connectivity index (χ2v) is 10.9. The van der Waals surface area contributed by atoms with Crippen LogP contribution in [0.3, 0.4) is 0 Å². The number of unbranched alkanes of at least 4 members (excludes halogenated alkanes) is 1. The molecule has 4 rings (SSSR count). The number of carbonyl (C=O) groups is 1. The minimum atomic E-state index is -0.442. The fourth-order valence-electron chi connectivity index (χ4n) is 4.34. The summed E-state index contributed by atoms with van der Waals surface area (Å²) in [5, 5.41) is 8.77. The lowest BCUT2D eigenvalue weighted by Gasteiger charge is -2.29. The summed E-state index contributed by atoms with van der Waals surface area (Å²) < 4.78 is 14.8. The molecular weight excluding hydrogens is 552 g/mol. The SMILES string of the molecule is CCCCSc1nc2n(n1)C(c1cc(Br)c(OCc3ccccc3C)c(OCC)c1)C(C(C)=O)=C(C)N2. The zero-order valence-electron chi connectivity index (χ0n) is 21.9. The van der Waals surface area contributed by atoms with Crippen molar-refractivity contribution in [2.24, 2.45) is 0 Å². The average molecular weight is 586 g/mol. The highest BCUT2D eigenvalue weighted by Crippen LogP contribution is 2.43. The van der Waals surface area contributed by atoms with Gasteiger partial charge in [0.2, 0.25) is 11.1 Å². The second kappa shape index (κ2) is 12.2. The summed E-state index contributed by atoms with van der Waals surface area (Å²) in [7, 11) is 0. The van der Waals surface area contributed by atoms with Gasteiger partial charge in [-0.1, -0.05) is 49.4 Å². The van der Waals surface area contributed by atoms with E-state index in [1.807, 2.05) is 42.8 Å². The van der Waals surface area contributed by atoms with E-state index in [1.165, 1.54) is 5.56 Å². The summed E-state index contributed by atoms with van der Waals surface area (Å²) in [6, 6.07) is 11.6. The standard InChI is InChI=1S/C28H33BrN4O3S/c1-6-8-13-37-28-31-27-30-18(4)24(19(5)34)25(33(27)32-28)21-14-22(29)26(23(15-21)35-7-2)36-16-20-12-10-9-11-17(20)3/h9-12,14-15,25H,6-8,13,16H2,1-5H3,(H,30,31,32). The summed E-state index contributed by atoms with van der Waals surface area (Å²) in [5.74, 6) is 2.79. The molecule has 1 aliphatic rings. The molecule has 0 bridgehead atoms. The highest BCUT2D eigenvalue weighted by molar-refractivity contribution is 9.10. The van der Waals surface area contributed by atoms with Crippen LogP contribution in [-0.2, 0) is 11.4 Å². The van der Waals surface area contributed by atoms with Crippen molar-refractivity contribution in [1.29, 1.82) is 0 Å². The quantitative estimate of drug-likeness (QED) is 0.190.